The van der Waals surface area contributed by atoms with Crippen molar-refractivity contribution in [2.45, 2.75) is 84.5 Å². The Kier molecular flexibility index (Phi) is 11.9. The van der Waals surface area contributed by atoms with Crippen LogP contribution in [0.2, 0.25) is 0 Å². The first-order valence-electron chi connectivity index (χ1n) is 15.0. The highest BCUT2D eigenvalue weighted by Crippen LogP contribution is 2.44. The molecule has 44 heavy (non-hydrogen) atoms. The van der Waals surface area contributed by atoms with E-state index in [9.17, 15) is 29.1 Å². The zero-order valence-corrected chi connectivity index (χ0v) is 26.2. The number of nitrogens with one attached hydrogen (secondary N) is 4. The van der Waals surface area contributed by atoms with Gasteiger partial charge in [0.1, 0.15) is 30.8 Å². The molecule has 2 aromatic rings. The fraction of sp³-hybridized carbons (Fsp3) is 0.485. The molecule has 238 valence electrons. The van der Waals surface area contributed by atoms with E-state index in [4.69, 9.17) is 4.74 Å². The van der Waals surface area contributed by atoms with E-state index in [-0.39, 0.29) is 37.2 Å². The van der Waals surface area contributed by atoms with E-state index in [0.29, 0.717) is 0 Å². The molecule has 0 bridgehead atoms. The second kappa shape index (κ2) is 15.4. The highest BCUT2D eigenvalue weighted by molar-refractivity contribution is 5.94. The molecule has 0 saturated carbocycles. The summed E-state index contributed by atoms with van der Waals surface area (Å²) in [6.45, 7) is 10.5. The number of amides is 4. The number of carbonyl (C=O) groups excluding carboxylic acids is 4. The van der Waals surface area contributed by atoms with E-state index < -0.39 is 54.0 Å². The molecule has 2 aromatic carbocycles. The summed E-state index contributed by atoms with van der Waals surface area (Å²) in [5, 5.41) is 19.6. The number of carbonyl (C=O) groups is 5. The molecular formula is C33H44N4O7. The summed E-state index contributed by atoms with van der Waals surface area (Å²) in [5.74, 6) is -3.08. The Morgan fingerprint density at radius 1 is 0.659 bits per heavy atom. The van der Waals surface area contributed by atoms with Gasteiger partial charge in [-0.1, -0.05) is 76.2 Å². The Morgan fingerprint density at radius 2 is 1.11 bits per heavy atom. The van der Waals surface area contributed by atoms with E-state index in [1.807, 2.05) is 76.2 Å². The molecule has 0 aromatic heterocycles. The summed E-state index contributed by atoms with van der Waals surface area (Å²) in [5.41, 5.74) is 4.33. The van der Waals surface area contributed by atoms with Gasteiger partial charge < -0.3 is 31.1 Å². The number of rotatable bonds is 14. The highest BCUT2D eigenvalue weighted by Gasteiger charge is 2.31. The minimum atomic E-state index is -1.16. The maximum Gasteiger partial charge on any atom is 0.407 e. The molecule has 0 spiro atoms. The minimum Gasteiger partial charge on any atom is -0.480 e. The van der Waals surface area contributed by atoms with Crippen molar-refractivity contribution in [3.8, 4) is 11.1 Å². The molecule has 0 aliphatic heterocycles. The molecule has 0 fully saturated rings. The number of hydrogen-bond acceptors (Lipinski definition) is 6. The molecule has 1 aliphatic rings. The second-order valence-corrected chi connectivity index (χ2v) is 12.1. The van der Waals surface area contributed by atoms with Crippen molar-refractivity contribution in [1.29, 1.82) is 0 Å². The molecule has 4 unspecified atom stereocenters. The van der Waals surface area contributed by atoms with Crippen LogP contribution in [0.1, 0.15) is 71.4 Å². The third kappa shape index (κ3) is 9.05. The maximum atomic E-state index is 13.1. The van der Waals surface area contributed by atoms with E-state index >= 15 is 0 Å². The van der Waals surface area contributed by atoms with Gasteiger partial charge in [-0.05, 0) is 60.8 Å². The topological polar surface area (TPSA) is 163 Å². The number of benzene rings is 2. The lowest BCUT2D eigenvalue weighted by Crippen LogP contribution is -2.57. The SMILES string of the molecule is CC(C)CC(NC(=O)C(C)NC(=O)C(CC(C)C)NC(=O)C(C)NC(=O)OCC1c2ccccc2-c2ccccc21)C(=O)O. The zero-order valence-electron chi connectivity index (χ0n) is 26.2. The van der Waals surface area contributed by atoms with Crippen molar-refractivity contribution in [3.63, 3.8) is 0 Å². The minimum absolute atomic E-state index is 0.0167. The van der Waals surface area contributed by atoms with Crippen molar-refractivity contribution >= 4 is 29.8 Å². The molecule has 5 N–H and O–H groups in total. The van der Waals surface area contributed by atoms with Crippen molar-refractivity contribution in [2.75, 3.05) is 6.61 Å². The average molecular weight is 609 g/mol. The smallest absolute Gasteiger partial charge is 0.407 e. The first kappa shape index (κ1) is 34.1. The standard InChI is InChI=1S/C33H44N4O7/c1-18(2)15-27(31(40)34-20(5)29(38)37-28(32(41)42)16-19(3)4)36-30(39)21(6)35-33(43)44-17-26-24-13-9-7-11-22(24)23-12-8-10-14-25(23)26/h7-14,18-21,26-28H,15-17H2,1-6H3,(H,34,40)(H,35,43)(H,36,39)(H,37,38)(H,41,42). The van der Waals surface area contributed by atoms with Gasteiger partial charge in [0.15, 0.2) is 0 Å². The number of alkyl carbamates (subject to hydrolysis) is 1. The van der Waals surface area contributed by atoms with Crippen molar-refractivity contribution in [1.82, 2.24) is 21.3 Å². The van der Waals surface area contributed by atoms with Crippen LogP contribution in [0.4, 0.5) is 4.79 Å². The third-order valence-electron chi connectivity index (χ3n) is 7.49. The monoisotopic (exact) mass is 608 g/mol. The van der Waals surface area contributed by atoms with Crippen LogP contribution in [0.5, 0.6) is 0 Å². The molecule has 4 amide bonds. The van der Waals surface area contributed by atoms with Crippen LogP contribution < -0.4 is 21.3 Å². The molecule has 3 rings (SSSR count). The van der Waals surface area contributed by atoms with E-state index in [0.717, 1.165) is 22.3 Å². The third-order valence-corrected chi connectivity index (χ3v) is 7.49. The summed E-state index contributed by atoms with van der Waals surface area (Å²) in [7, 11) is 0. The average Bonchev–Trinajstić information content (AvgIpc) is 3.28. The predicted octanol–water partition coefficient (Wildman–Crippen LogP) is 3.56. The lowest BCUT2D eigenvalue weighted by molar-refractivity contribution is -0.142. The second-order valence-electron chi connectivity index (χ2n) is 12.1. The van der Waals surface area contributed by atoms with Gasteiger partial charge in [-0.15, -0.1) is 0 Å². The van der Waals surface area contributed by atoms with Crippen molar-refractivity contribution in [2.24, 2.45) is 11.8 Å². The summed E-state index contributed by atoms with van der Waals surface area (Å²) in [6, 6.07) is 11.8. The maximum absolute atomic E-state index is 13.1. The summed E-state index contributed by atoms with van der Waals surface area (Å²) in [6.07, 6.45) is -0.254. The van der Waals surface area contributed by atoms with E-state index in [1.165, 1.54) is 13.8 Å². The van der Waals surface area contributed by atoms with Gasteiger partial charge in [-0.25, -0.2) is 9.59 Å². The van der Waals surface area contributed by atoms with Gasteiger partial charge in [0, 0.05) is 5.92 Å². The van der Waals surface area contributed by atoms with Crippen LogP contribution in [-0.2, 0) is 23.9 Å². The Morgan fingerprint density at radius 3 is 1.61 bits per heavy atom. The first-order chi connectivity index (χ1) is 20.8. The Labute approximate surface area is 258 Å². The van der Waals surface area contributed by atoms with Crippen LogP contribution in [0, 0.1) is 11.8 Å². The number of aliphatic carboxylic acids is 1. The van der Waals surface area contributed by atoms with Gasteiger partial charge in [0.25, 0.3) is 0 Å². The quantitative estimate of drug-likeness (QED) is 0.219. The van der Waals surface area contributed by atoms with E-state index in [2.05, 4.69) is 21.3 Å². The van der Waals surface area contributed by atoms with Crippen LogP contribution >= 0.6 is 0 Å². The molecule has 0 heterocycles. The Balaban J connectivity index is 1.55. The normalized spacial score (nSPS) is 14.9. The molecule has 0 radical (unpaired) electrons. The molecule has 11 heteroatoms. The fourth-order valence-electron chi connectivity index (χ4n) is 5.25. The predicted molar refractivity (Wildman–Crippen MR) is 166 cm³/mol. The summed E-state index contributed by atoms with van der Waals surface area (Å²) in [4.78, 5) is 62.9. The highest BCUT2D eigenvalue weighted by atomic mass is 16.5. The summed E-state index contributed by atoms with van der Waals surface area (Å²) >= 11 is 0. The van der Waals surface area contributed by atoms with Crippen LogP contribution in [0.25, 0.3) is 11.1 Å². The largest absolute Gasteiger partial charge is 0.480 e. The van der Waals surface area contributed by atoms with Gasteiger partial charge in [-0.3, -0.25) is 14.4 Å². The van der Waals surface area contributed by atoms with E-state index in [1.54, 1.807) is 0 Å². The number of ether oxygens (including phenoxy) is 1. The molecular weight excluding hydrogens is 564 g/mol. The Hall–Kier alpha value is -4.41. The molecule has 1 aliphatic carbocycles. The zero-order chi connectivity index (χ0) is 32.6. The Bertz CT molecular complexity index is 1310. The van der Waals surface area contributed by atoms with Crippen molar-refractivity contribution in [3.05, 3.63) is 59.7 Å². The summed E-state index contributed by atoms with van der Waals surface area (Å²) < 4.78 is 5.53. The number of hydrogen-bond donors (Lipinski definition) is 5. The van der Waals surface area contributed by atoms with Gasteiger partial charge in [0.2, 0.25) is 17.7 Å². The van der Waals surface area contributed by atoms with Crippen LogP contribution in [-0.4, -0.2) is 65.7 Å². The van der Waals surface area contributed by atoms with Crippen molar-refractivity contribution < 1.29 is 33.8 Å². The number of carboxylic acid groups (broad SMARTS) is 1. The molecule has 4 atom stereocenters. The fourth-order valence-corrected chi connectivity index (χ4v) is 5.25. The van der Waals surface area contributed by atoms with Gasteiger partial charge in [-0.2, -0.15) is 0 Å². The number of fused-ring (bicyclic) bond motifs is 3. The molecule has 0 saturated heterocycles. The molecule has 11 nitrogen and oxygen atoms in total. The van der Waals surface area contributed by atoms with Gasteiger partial charge >= 0.3 is 12.1 Å². The van der Waals surface area contributed by atoms with Gasteiger partial charge in [0.05, 0.1) is 0 Å². The first-order valence-corrected chi connectivity index (χ1v) is 15.0. The lowest BCUT2D eigenvalue weighted by atomic mass is 9.98. The number of carboxylic acids is 1. The van der Waals surface area contributed by atoms with Crippen LogP contribution in [0.3, 0.4) is 0 Å². The lowest BCUT2D eigenvalue weighted by Gasteiger charge is -2.25. The van der Waals surface area contributed by atoms with Crippen LogP contribution in [0.15, 0.2) is 48.5 Å².